The molecule has 2 aromatic heterocycles. The fourth-order valence-corrected chi connectivity index (χ4v) is 2.59. The van der Waals surface area contributed by atoms with E-state index in [0.29, 0.717) is 0 Å². The number of hydrogen-bond acceptors (Lipinski definition) is 4. The van der Waals surface area contributed by atoms with Gasteiger partial charge in [-0.2, -0.15) is 11.3 Å². The third-order valence-corrected chi connectivity index (χ3v) is 3.57. The SMILES string of the molecule is NNC(Cc1ccsc1)c1occc1Br. The van der Waals surface area contributed by atoms with Crippen LogP contribution in [0.4, 0.5) is 0 Å². The molecule has 0 aliphatic heterocycles. The normalized spacial score (nSPS) is 12.9. The first-order chi connectivity index (χ1) is 7.31. The molecule has 0 saturated carbocycles. The standard InChI is InChI=1S/C10H11BrN2OS/c11-8-1-3-14-10(8)9(13-12)5-7-2-4-15-6-7/h1-4,6,9,13H,5,12H2. The minimum Gasteiger partial charge on any atom is -0.466 e. The van der Waals surface area contributed by atoms with Crippen molar-refractivity contribution in [3.05, 3.63) is 45.0 Å². The van der Waals surface area contributed by atoms with E-state index in [1.165, 1.54) is 5.56 Å². The van der Waals surface area contributed by atoms with E-state index in [1.807, 2.05) is 6.07 Å². The van der Waals surface area contributed by atoms with Crippen molar-refractivity contribution in [2.45, 2.75) is 12.5 Å². The van der Waals surface area contributed by atoms with E-state index in [2.05, 4.69) is 38.2 Å². The van der Waals surface area contributed by atoms with Gasteiger partial charge in [0.25, 0.3) is 0 Å². The molecule has 5 heteroatoms. The van der Waals surface area contributed by atoms with Crippen LogP contribution >= 0.6 is 27.3 Å². The van der Waals surface area contributed by atoms with Gasteiger partial charge in [-0.05, 0) is 50.8 Å². The van der Waals surface area contributed by atoms with Crippen LogP contribution in [0, 0.1) is 0 Å². The van der Waals surface area contributed by atoms with Crippen LogP contribution in [0.2, 0.25) is 0 Å². The minimum absolute atomic E-state index is 0.00368. The molecule has 2 heterocycles. The molecule has 0 bridgehead atoms. The van der Waals surface area contributed by atoms with Gasteiger partial charge < -0.3 is 4.42 Å². The highest BCUT2D eigenvalue weighted by Crippen LogP contribution is 2.27. The summed E-state index contributed by atoms with van der Waals surface area (Å²) in [4.78, 5) is 0. The van der Waals surface area contributed by atoms with Crippen molar-refractivity contribution >= 4 is 27.3 Å². The summed E-state index contributed by atoms with van der Waals surface area (Å²) in [5.74, 6) is 6.36. The molecule has 0 aromatic carbocycles. The van der Waals surface area contributed by atoms with Crippen LogP contribution in [0.15, 0.2) is 38.0 Å². The number of furan rings is 1. The number of rotatable bonds is 4. The van der Waals surface area contributed by atoms with E-state index in [0.717, 1.165) is 16.7 Å². The average molecular weight is 287 g/mol. The summed E-state index contributed by atoms with van der Waals surface area (Å²) in [6.07, 6.45) is 2.48. The molecule has 3 N–H and O–H groups in total. The number of hydrogen-bond donors (Lipinski definition) is 2. The molecule has 2 aromatic rings. The highest BCUT2D eigenvalue weighted by Gasteiger charge is 2.16. The summed E-state index contributed by atoms with van der Waals surface area (Å²) >= 11 is 5.11. The molecule has 0 saturated heterocycles. The first kappa shape index (κ1) is 10.9. The number of nitrogens with two attached hydrogens (primary N) is 1. The zero-order valence-corrected chi connectivity index (χ0v) is 10.3. The molecule has 0 amide bonds. The van der Waals surface area contributed by atoms with Crippen LogP contribution in [0.25, 0.3) is 0 Å². The van der Waals surface area contributed by atoms with Gasteiger partial charge in [0.2, 0.25) is 0 Å². The van der Waals surface area contributed by atoms with E-state index in [4.69, 9.17) is 10.3 Å². The molecule has 0 aliphatic rings. The Morgan fingerprint density at radius 3 is 2.93 bits per heavy atom. The maximum atomic E-state index is 5.52. The minimum atomic E-state index is 0.00368. The fourth-order valence-electron chi connectivity index (χ4n) is 1.43. The smallest absolute Gasteiger partial charge is 0.136 e. The number of thiophene rings is 1. The van der Waals surface area contributed by atoms with Gasteiger partial charge in [-0.25, -0.2) is 5.43 Å². The second-order valence-electron chi connectivity index (χ2n) is 3.19. The summed E-state index contributed by atoms with van der Waals surface area (Å²) < 4.78 is 6.33. The predicted octanol–water partition coefficient (Wildman–Crippen LogP) is 2.85. The Hall–Kier alpha value is -0.620. The molecular formula is C10H11BrN2OS. The lowest BCUT2D eigenvalue weighted by atomic mass is 10.1. The van der Waals surface area contributed by atoms with Crippen molar-refractivity contribution in [2.75, 3.05) is 0 Å². The molecule has 80 valence electrons. The van der Waals surface area contributed by atoms with Crippen LogP contribution in [0.3, 0.4) is 0 Å². The van der Waals surface area contributed by atoms with Crippen molar-refractivity contribution in [1.29, 1.82) is 0 Å². The molecular weight excluding hydrogens is 276 g/mol. The molecule has 0 spiro atoms. The highest BCUT2D eigenvalue weighted by atomic mass is 79.9. The number of nitrogens with one attached hydrogen (secondary N) is 1. The van der Waals surface area contributed by atoms with Crippen LogP contribution in [0.5, 0.6) is 0 Å². The third-order valence-electron chi connectivity index (χ3n) is 2.18. The Balaban J connectivity index is 2.15. The van der Waals surface area contributed by atoms with Crippen molar-refractivity contribution < 1.29 is 4.42 Å². The molecule has 2 rings (SSSR count). The largest absolute Gasteiger partial charge is 0.466 e. The topological polar surface area (TPSA) is 51.2 Å². The van der Waals surface area contributed by atoms with E-state index >= 15 is 0 Å². The van der Waals surface area contributed by atoms with E-state index in [-0.39, 0.29) is 6.04 Å². The van der Waals surface area contributed by atoms with Crippen LogP contribution in [-0.4, -0.2) is 0 Å². The van der Waals surface area contributed by atoms with Gasteiger partial charge in [0, 0.05) is 0 Å². The lowest BCUT2D eigenvalue weighted by Crippen LogP contribution is -2.29. The summed E-state index contributed by atoms with van der Waals surface area (Å²) in [5, 5.41) is 4.17. The van der Waals surface area contributed by atoms with Crippen LogP contribution < -0.4 is 11.3 Å². The Labute approximate surface area is 100 Å². The molecule has 15 heavy (non-hydrogen) atoms. The van der Waals surface area contributed by atoms with E-state index in [9.17, 15) is 0 Å². The maximum absolute atomic E-state index is 5.52. The van der Waals surface area contributed by atoms with Crippen molar-refractivity contribution in [3.63, 3.8) is 0 Å². The highest BCUT2D eigenvalue weighted by molar-refractivity contribution is 9.10. The first-order valence-electron chi connectivity index (χ1n) is 4.51. The monoisotopic (exact) mass is 286 g/mol. The van der Waals surface area contributed by atoms with Crippen LogP contribution in [-0.2, 0) is 6.42 Å². The third kappa shape index (κ3) is 2.49. The van der Waals surface area contributed by atoms with Gasteiger partial charge in [0.1, 0.15) is 5.76 Å². The Morgan fingerprint density at radius 2 is 2.40 bits per heavy atom. The van der Waals surface area contributed by atoms with Crippen molar-refractivity contribution in [1.82, 2.24) is 5.43 Å². The van der Waals surface area contributed by atoms with Crippen molar-refractivity contribution in [2.24, 2.45) is 5.84 Å². The molecule has 0 radical (unpaired) electrons. The van der Waals surface area contributed by atoms with Crippen LogP contribution in [0.1, 0.15) is 17.4 Å². The molecule has 0 aliphatic carbocycles. The molecule has 0 fully saturated rings. The zero-order valence-electron chi connectivity index (χ0n) is 7.94. The molecule has 1 unspecified atom stereocenters. The van der Waals surface area contributed by atoms with Gasteiger partial charge in [0.15, 0.2) is 0 Å². The second-order valence-corrected chi connectivity index (χ2v) is 4.82. The second kappa shape index (κ2) is 4.94. The van der Waals surface area contributed by atoms with Gasteiger partial charge in [-0.15, -0.1) is 0 Å². The summed E-state index contributed by atoms with van der Waals surface area (Å²) in [5.41, 5.74) is 4.02. The predicted molar refractivity (Wildman–Crippen MR) is 64.5 cm³/mol. The van der Waals surface area contributed by atoms with Gasteiger partial charge in [-0.1, -0.05) is 0 Å². The van der Waals surface area contributed by atoms with Gasteiger partial charge in [-0.3, -0.25) is 5.84 Å². The molecule has 3 nitrogen and oxygen atoms in total. The number of hydrazine groups is 1. The maximum Gasteiger partial charge on any atom is 0.136 e. The fraction of sp³-hybridized carbons (Fsp3) is 0.200. The lowest BCUT2D eigenvalue weighted by Gasteiger charge is -2.12. The quantitative estimate of drug-likeness (QED) is 0.671. The Kier molecular flexibility index (Phi) is 3.58. The van der Waals surface area contributed by atoms with E-state index < -0.39 is 0 Å². The van der Waals surface area contributed by atoms with Gasteiger partial charge >= 0.3 is 0 Å². The Bertz CT molecular complexity index is 413. The average Bonchev–Trinajstić information content (AvgIpc) is 2.85. The summed E-state index contributed by atoms with van der Waals surface area (Å²) in [6.45, 7) is 0. The lowest BCUT2D eigenvalue weighted by molar-refractivity contribution is 0.414. The summed E-state index contributed by atoms with van der Waals surface area (Å²) in [7, 11) is 0. The summed E-state index contributed by atoms with van der Waals surface area (Å²) in [6, 6.07) is 3.96. The number of halogens is 1. The van der Waals surface area contributed by atoms with Gasteiger partial charge in [0.05, 0.1) is 16.8 Å². The zero-order chi connectivity index (χ0) is 10.7. The first-order valence-corrected chi connectivity index (χ1v) is 6.25. The molecule has 1 atom stereocenters. The Morgan fingerprint density at radius 1 is 1.53 bits per heavy atom. The van der Waals surface area contributed by atoms with Crippen molar-refractivity contribution in [3.8, 4) is 0 Å². The van der Waals surface area contributed by atoms with E-state index in [1.54, 1.807) is 17.6 Å².